The van der Waals surface area contributed by atoms with Crippen molar-refractivity contribution in [1.82, 2.24) is 10.0 Å². The number of hydrogen-bond donors (Lipinski definition) is 2. The van der Waals surface area contributed by atoms with Gasteiger partial charge in [0.05, 0.1) is 0 Å². The van der Waals surface area contributed by atoms with Gasteiger partial charge in [0, 0.05) is 13.1 Å². The molecule has 2 rings (SSSR count). The third-order valence-corrected chi connectivity index (χ3v) is 7.34. The molecule has 4 nitrogen and oxygen atoms in total. The van der Waals surface area contributed by atoms with Crippen molar-refractivity contribution in [2.24, 2.45) is 5.41 Å². The second-order valence-corrected chi connectivity index (χ2v) is 8.89. The van der Waals surface area contributed by atoms with E-state index < -0.39 is 10.0 Å². The molecule has 1 aliphatic carbocycles. The smallest absolute Gasteiger partial charge is 0.250 e. The standard InChI is InChI=1S/C15H26N2O2S2/c1-3-8-16-10-13-9-14(20-11-13)21(18,19)17-12-15(4-2)6-5-7-15/h9,11,16-17H,3-8,10,12H2,1-2H3. The van der Waals surface area contributed by atoms with Crippen LogP contribution in [0, 0.1) is 5.41 Å². The van der Waals surface area contributed by atoms with Crippen LogP contribution in [0.2, 0.25) is 0 Å². The van der Waals surface area contributed by atoms with Crippen LogP contribution in [-0.4, -0.2) is 21.5 Å². The summed E-state index contributed by atoms with van der Waals surface area (Å²) in [6.07, 6.45) is 5.63. The first kappa shape index (κ1) is 16.9. The van der Waals surface area contributed by atoms with E-state index in [4.69, 9.17) is 0 Å². The summed E-state index contributed by atoms with van der Waals surface area (Å²) < 4.78 is 28.0. The Morgan fingerprint density at radius 1 is 1.33 bits per heavy atom. The Hall–Kier alpha value is -0.430. The van der Waals surface area contributed by atoms with E-state index >= 15 is 0 Å². The van der Waals surface area contributed by atoms with Crippen molar-refractivity contribution in [3.05, 3.63) is 17.0 Å². The summed E-state index contributed by atoms with van der Waals surface area (Å²) in [5, 5.41) is 5.22. The van der Waals surface area contributed by atoms with Crippen LogP contribution >= 0.6 is 11.3 Å². The highest BCUT2D eigenvalue weighted by atomic mass is 32.2. The Kier molecular flexibility index (Phi) is 5.82. The predicted molar refractivity (Wildman–Crippen MR) is 88.1 cm³/mol. The number of rotatable bonds is 9. The van der Waals surface area contributed by atoms with Crippen molar-refractivity contribution in [3.8, 4) is 0 Å². The average molecular weight is 331 g/mol. The maximum Gasteiger partial charge on any atom is 0.250 e. The Balaban J connectivity index is 1.93. The van der Waals surface area contributed by atoms with E-state index in [1.165, 1.54) is 17.8 Å². The summed E-state index contributed by atoms with van der Waals surface area (Å²) in [5.41, 5.74) is 1.25. The van der Waals surface area contributed by atoms with Gasteiger partial charge in [0.15, 0.2) is 0 Å². The maximum atomic E-state index is 12.4. The van der Waals surface area contributed by atoms with Crippen LogP contribution in [0.4, 0.5) is 0 Å². The van der Waals surface area contributed by atoms with Gasteiger partial charge in [0.25, 0.3) is 0 Å². The van der Waals surface area contributed by atoms with Crippen molar-refractivity contribution >= 4 is 21.4 Å². The minimum Gasteiger partial charge on any atom is -0.313 e. The van der Waals surface area contributed by atoms with Gasteiger partial charge in [-0.05, 0) is 54.7 Å². The second-order valence-electron chi connectivity index (χ2n) is 5.98. The van der Waals surface area contributed by atoms with E-state index in [0.717, 1.165) is 44.3 Å². The molecule has 0 aliphatic heterocycles. The van der Waals surface area contributed by atoms with Gasteiger partial charge in [0.2, 0.25) is 10.0 Å². The molecule has 1 heterocycles. The van der Waals surface area contributed by atoms with E-state index in [2.05, 4.69) is 23.9 Å². The van der Waals surface area contributed by atoms with E-state index in [1.807, 2.05) is 5.38 Å². The van der Waals surface area contributed by atoms with E-state index in [1.54, 1.807) is 6.07 Å². The van der Waals surface area contributed by atoms with Gasteiger partial charge < -0.3 is 5.32 Å². The largest absolute Gasteiger partial charge is 0.313 e. The van der Waals surface area contributed by atoms with Gasteiger partial charge in [-0.25, -0.2) is 13.1 Å². The van der Waals surface area contributed by atoms with Gasteiger partial charge in [-0.15, -0.1) is 11.3 Å². The summed E-state index contributed by atoms with van der Waals surface area (Å²) in [7, 11) is -3.35. The SMILES string of the molecule is CCCNCc1csc(S(=O)(=O)NCC2(CC)CCC2)c1. The third kappa shape index (κ3) is 4.28. The zero-order valence-electron chi connectivity index (χ0n) is 12.9. The molecule has 6 heteroatoms. The fourth-order valence-electron chi connectivity index (χ4n) is 2.65. The first-order valence-corrected chi connectivity index (χ1v) is 10.2. The molecule has 0 spiro atoms. The molecule has 0 bridgehead atoms. The van der Waals surface area contributed by atoms with Crippen molar-refractivity contribution in [3.63, 3.8) is 0 Å². The topological polar surface area (TPSA) is 58.2 Å². The first-order valence-electron chi connectivity index (χ1n) is 7.79. The number of thiophene rings is 1. The van der Waals surface area contributed by atoms with E-state index in [-0.39, 0.29) is 5.41 Å². The summed E-state index contributed by atoms with van der Waals surface area (Å²) >= 11 is 1.31. The average Bonchev–Trinajstić information content (AvgIpc) is 2.88. The van der Waals surface area contributed by atoms with Crippen LogP contribution in [0.3, 0.4) is 0 Å². The van der Waals surface area contributed by atoms with Crippen LogP contribution < -0.4 is 10.0 Å². The van der Waals surface area contributed by atoms with Crippen molar-refractivity contribution in [2.75, 3.05) is 13.1 Å². The highest BCUT2D eigenvalue weighted by Gasteiger charge is 2.36. The zero-order valence-corrected chi connectivity index (χ0v) is 14.6. The lowest BCUT2D eigenvalue weighted by Crippen LogP contribution is -2.41. The summed E-state index contributed by atoms with van der Waals surface area (Å²) in [6.45, 7) is 6.53. The van der Waals surface area contributed by atoms with Crippen LogP contribution in [0.1, 0.15) is 51.5 Å². The molecule has 120 valence electrons. The van der Waals surface area contributed by atoms with Gasteiger partial charge >= 0.3 is 0 Å². The lowest BCUT2D eigenvalue weighted by molar-refractivity contribution is 0.133. The molecule has 0 radical (unpaired) electrons. The fourth-order valence-corrected chi connectivity index (χ4v) is 5.06. The molecule has 1 saturated carbocycles. The van der Waals surface area contributed by atoms with Crippen molar-refractivity contribution < 1.29 is 8.42 Å². The van der Waals surface area contributed by atoms with Crippen molar-refractivity contribution in [2.45, 2.75) is 56.7 Å². The number of sulfonamides is 1. The molecule has 0 unspecified atom stereocenters. The van der Waals surface area contributed by atoms with Gasteiger partial charge in [-0.1, -0.05) is 20.3 Å². The molecule has 0 amide bonds. The molecule has 0 atom stereocenters. The van der Waals surface area contributed by atoms with E-state index in [0.29, 0.717) is 10.8 Å². The van der Waals surface area contributed by atoms with Gasteiger partial charge in [-0.2, -0.15) is 0 Å². The lowest BCUT2D eigenvalue weighted by atomic mass is 9.67. The minimum atomic E-state index is -3.35. The normalized spacial score (nSPS) is 17.6. The van der Waals surface area contributed by atoms with Crippen LogP contribution in [0.25, 0.3) is 0 Å². The molecule has 1 aliphatic rings. The van der Waals surface area contributed by atoms with E-state index in [9.17, 15) is 8.42 Å². The highest BCUT2D eigenvalue weighted by molar-refractivity contribution is 7.91. The van der Waals surface area contributed by atoms with Crippen LogP contribution in [0.15, 0.2) is 15.7 Å². The molecule has 21 heavy (non-hydrogen) atoms. The Morgan fingerprint density at radius 2 is 2.10 bits per heavy atom. The molecule has 1 fully saturated rings. The maximum absolute atomic E-state index is 12.4. The monoisotopic (exact) mass is 330 g/mol. The highest BCUT2D eigenvalue weighted by Crippen LogP contribution is 2.43. The third-order valence-electron chi connectivity index (χ3n) is 4.45. The van der Waals surface area contributed by atoms with Crippen LogP contribution in [-0.2, 0) is 16.6 Å². The summed E-state index contributed by atoms with van der Waals surface area (Å²) in [6, 6.07) is 1.79. The van der Waals surface area contributed by atoms with Gasteiger partial charge in [-0.3, -0.25) is 0 Å². The molecular weight excluding hydrogens is 304 g/mol. The Bertz CT molecular complexity index is 542. The Morgan fingerprint density at radius 3 is 2.67 bits per heavy atom. The number of hydrogen-bond acceptors (Lipinski definition) is 4. The molecule has 1 aromatic heterocycles. The first-order chi connectivity index (χ1) is 10.0. The van der Waals surface area contributed by atoms with Crippen molar-refractivity contribution in [1.29, 1.82) is 0 Å². The molecule has 0 saturated heterocycles. The zero-order chi connectivity index (χ0) is 15.3. The van der Waals surface area contributed by atoms with Gasteiger partial charge in [0.1, 0.15) is 4.21 Å². The summed E-state index contributed by atoms with van der Waals surface area (Å²) in [4.78, 5) is 0. The molecule has 2 N–H and O–H groups in total. The lowest BCUT2D eigenvalue weighted by Gasteiger charge is -2.41. The Labute approximate surface area is 132 Å². The fraction of sp³-hybridized carbons (Fsp3) is 0.733. The second kappa shape index (κ2) is 7.22. The minimum absolute atomic E-state index is 0.204. The predicted octanol–water partition coefficient (Wildman–Crippen LogP) is 3.11. The number of nitrogens with one attached hydrogen (secondary N) is 2. The quantitative estimate of drug-likeness (QED) is 0.684. The molecule has 1 aromatic rings. The molecule has 0 aromatic carbocycles. The molecular formula is C15H26N2O2S2. The summed E-state index contributed by atoms with van der Waals surface area (Å²) in [5.74, 6) is 0. The van der Waals surface area contributed by atoms with Crippen LogP contribution in [0.5, 0.6) is 0 Å².